The van der Waals surface area contributed by atoms with Gasteiger partial charge in [-0.15, -0.1) is 11.8 Å². The van der Waals surface area contributed by atoms with E-state index in [1.54, 1.807) is 11.8 Å². The number of rotatable bonds is 6. The first-order chi connectivity index (χ1) is 8.18. The Balaban J connectivity index is 2.05. The van der Waals surface area contributed by atoms with Crippen molar-refractivity contribution in [2.45, 2.75) is 4.90 Å². The molecule has 0 saturated heterocycles. The number of thioether (sulfide) groups is 1. The summed E-state index contributed by atoms with van der Waals surface area (Å²) in [4.78, 5) is 22.5. The molecule has 5 nitrogen and oxygen atoms in total. The summed E-state index contributed by atoms with van der Waals surface area (Å²) in [7, 11) is 0. The van der Waals surface area contributed by atoms with Crippen LogP contribution in [0.25, 0.3) is 0 Å². The predicted molar refractivity (Wildman–Crippen MR) is 67.8 cm³/mol. The number of amides is 3. The van der Waals surface area contributed by atoms with Crippen molar-refractivity contribution in [3.63, 3.8) is 0 Å². The molecular formula is C11H15N3O2S. The number of hydrogen-bond donors (Lipinski definition) is 3. The Hall–Kier alpha value is -1.53. The number of urea groups is 1. The molecule has 0 bridgehead atoms. The number of carbonyl (C=O) groups is 2. The summed E-state index contributed by atoms with van der Waals surface area (Å²) in [5.74, 6) is 0.440. The van der Waals surface area contributed by atoms with Gasteiger partial charge in [0.1, 0.15) is 0 Å². The van der Waals surface area contributed by atoms with E-state index in [1.165, 1.54) is 4.90 Å². The summed E-state index contributed by atoms with van der Waals surface area (Å²) >= 11 is 1.70. The van der Waals surface area contributed by atoms with Crippen LogP contribution in [0, 0.1) is 0 Å². The van der Waals surface area contributed by atoms with Crippen LogP contribution in [0.5, 0.6) is 0 Å². The number of nitrogens with two attached hydrogens (primary N) is 1. The van der Waals surface area contributed by atoms with Crippen molar-refractivity contribution in [2.24, 2.45) is 5.73 Å². The third-order valence-corrected chi connectivity index (χ3v) is 2.85. The zero-order chi connectivity index (χ0) is 12.5. The fourth-order valence-corrected chi connectivity index (χ4v) is 1.97. The van der Waals surface area contributed by atoms with Crippen LogP contribution in [0.4, 0.5) is 4.79 Å². The van der Waals surface area contributed by atoms with Gasteiger partial charge in [0.15, 0.2) is 0 Å². The van der Waals surface area contributed by atoms with Gasteiger partial charge in [-0.3, -0.25) is 10.1 Å². The lowest BCUT2D eigenvalue weighted by atomic mass is 10.4. The van der Waals surface area contributed by atoms with E-state index in [2.05, 4.69) is 5.32 Å². The molecule has 0 aromatic heterocycles. The molecule has 0 saturated carbocycles. The quantitative estimate of drug-likeness (QED) is 0.511. The lowest BCUT2D eigenvalue weighted by Crippen LogP contribution is -2.41. The highest BCUT2D eigenvalue weighted by molar-refractivity contribution is 7.99. The van der Waals surface area contributed by atoms with Gasteiger partial charge in [0, 0.05) is 17.2 Å². The lowest BCUT2D eigenvalue weighted by molar-refractivity contribution is -0.119. The Kier molecular flexibility index (Phi) is 6.13. The Labute approximate surface area is 104 Å². The number of imide groups is 1. The van der Waals surface area contributed by atoms with Gasteiger partial charge in [-0.2, -0.15) is 0 Å². The highest BCUT2D eigenvalue weighted by atomic mass is 32.2. The molecule has 3 amide bonds. The molecule has 0 aliphatic heterocycles. The van der Waals surface area contributed by atoms with Crippen LogP contribution in [-0.2, 0) is 4.79 Å². The maximum Gasteiger partial charge on any atom is 0.318 e. The van der Waals surface area contributed by atoms with E-state index in [4.69, 9.17) is 5.73 Å². The summed E-state index contributed by atoms with van der Waals surface area (Å²) in [6, 6.07) is 9.17. The standard InChI is InChI=1S/C11H15N3O2S/c12-11(16)14-10(15)8-13-6-7-17-9-4-2-1-3-5-9/h1-5,13H,6-8H2,(H3,12,14,15,16). The molecule has 17 heavy (non-hydrogen) atoms. The number of carbonyl (C=O) groups excluding carboxylic acids is 2. The molecule has 0 spiro atoms. The van der Waals surface area contributed by atoms with Gasteiger partial charge in [-0.1, -0.05) is 18.2 Å². The Bertz CT molecular complexity index is 370. The maximum atomic E-state index is 11.0. The van der Waals surface area contributed by atoms with Gasteiger partial charge in [0.2, 0.25) is 5.91 Å². The highest BCUT2D eigenvalue weighted by Crippen LogP contribution is 2.15. The molecular weight excluding hydrogens is 238 g/mol. The first-order valence-corrected chi connectivity index (χ1v) is 6.15. The van der Waals surface area contributed by atoms with Crippen LogP contribution >= 0.6 is 11.8 Å². The summed E-state index contributed by atoms with van der Waals surface area (Å²) in [5, 5.41) is 4.90. The van der Waals surface area contributed by atoms with E-state index in [9.17, 15) is 9.59 Å². The average Bonchev–Trinajstić information content (AvgIpc) is 2.29. The van der Waals surface area contributed by atoms with Gasteiger partial charge < -0.3 is 11.1 Å². The van der Waals surface area contributed by atoms with Crippen molar-refractivity contribution < 1.29 is 9.59 Å². The normalized spacial score (nSPS) is 9.88. The number of primary amides is 1. The van der Waals surface area contributed by atoms with Gasteiger partial charge >= 0.3 is 6.03 Å². The molecule has 0 fully saturated rings. The molecule has 4 N–H and O–H groups in total. The molecule has 1 aromatic carbocycles. The van der Waals surface area contributed by atoms with Crippen LogP contribution in [0.2, 0.25) is 0 Å². The highest BCUT2D eigenvalue weighted by Gasteiger charge is 2.02. The minimum atomic E-state index is -0.824. The van der Waals surface area contributed by atoms with Crippen LogP contribution in [0.1, 0.15) is 0 Å². The van der Waals surface area contributed by atoms with Gasteiger partial charge in [0.05, 0.1) is 6.54 Å². The topological polar surface area (TPSA) is 84.2 Å². The van der Waals surface area contributed by atoms with Crippen LogP contribution < -0.4 is 16.4 Å². The Morgan fingerprint density at radius 3 is 2.59 bits per heavy atom. The summed E-state index contributed by atoms with van der Waals surface area (Å²) < 4.78 is 0. The molecule has 92 valence electrons. The second kappa shape index (κ2) is 7.70. The predicted octanol–water partition coefficient (Wildman–Crippen LogP) is 0.563. The van der Waals surface area contributed by atoms with Gasteiger partial charge in [-0.05, 0) is 12.1 Å². The third-order valence-electron chi connectivity index (χ3n) is 1.84. The second-order valence-electron chi connectivity index (χ2n) is 3.25. The largest absolute Gasteiger partial charge is 0.351 e. The van der Waals surface area contributed by atoms with Crippen molar-refractivity contribution in [2.75, 3.05) is 18.8 Å². The first-order valence-electron chi connectivity index (χ1n) is 5.16. The fourth-order valence-electron chi connectivity index (χ4n) is 1.14. The van der Waals surface area contributed by atoms with Crippen molar-refractivity contribution >= 4 is 23.7 Å². The number of nitrogens with one attached hydrogen (secondary N) is 2. The summed E-state index contributed by atoms with van der Waals surface area (Å²) in [5.41, 5.74) is 4.80. The molecule has 1 aromatic rings. The zero-order valence-electron chi connectivity index (χ0n) is 9.31. The molecule has 0 atom stereocenters. The van der Waals surface area contributed by atoms with E-state index in [-0.39, 0.29) is 6.54 Å². The molecule has 0 heterocycles. The molecule has 0 unspecified atom stereocenters. The molecule has 0 aliphatic rings. The lowest BCUT2D eigenvalue weighted by Gasteiger charge is -2.04. The number of hydrogen-bond acceptors (Lipinski definition) is 4. The smallest absolute Gasteiger partial charge is 0.318 e. The third kappa shape index (κ3) is 6.60. The van der Waals surface area contributed by atoms with Crippen molar-refractivity contribution in [1.82, 2.24) is 10.6 Å². The van der Waals surface area contributed by atoms with Crippen LogP contribution in [0.15, 0.2) is 35.2 Å². The second-order valence-corrected chi connectivity index (χ2v) is 4.42. The van der Waals surface area contributed by atoms with E-state index in [0.29, 0.717) is 6.54 Å². The average molecular weight is 253 g/mol. The van der Waals surface area contributed by atoms with E-state index >= 15 is 0 Å². The molecule has 6 heteroatoms. The summed E-state index contributed by atoms with van der Waals surface area (Å²) in [6.07, 6.45) is 0. The number of benzene rings is 1. The minimum absolute atomic E-state index is 0.0955. The zero-order valence-corrected chi connectivity index (χ0v) is 10.1. The van der Waals surface area contributed by atoms with Crippen LogP contribution in [-0.4, -0.2) is 30.8 Å². The first kappa shape index (κ1) is 13.5. The summed E-state index contributed by atoms with van der Waals surface area (Å²) in [6.45, 7) is 0.782. The molecule has 0 radical (unpaired) electrons. The van der Waals surface area contributed by atoms with Crippen molar-refractivity contribution in [3.8, 4) is 0 Å². The van der Waals surface area contributed by atoms with Gasteiger partial charge in [0.25, 0.3) is 0 Å². The monoisotopic (exact) mass is 253 g/mol. The van der Waals surface area contributed by atoms with E-state index in [0.717, 1.165) is 5.75 Å². The van der Waals surface area contributed by atoms with Crippen LogP contribution in [0.3, 0.4) is 0 Å². The SMILES string of the molecule is NC(=O)NC(=O)CNCCSc1ccccc1. The molecule has 0 aliphatic carbocycles. The van der Waals surface area contributed by atoms with E-state index < -0.39 is 11.9 Å². The Morgan fingerprint density at radius 1 is 1.24 bits per heavy atom. The van der Waals surface area contributed by atoms with Gasteiger partial charge in [-0.25, -0.2) is 4.79 Å². The maximum absolute atomic E-state index is 11.0. The minimum Gasteiger partial charge on any atom is -0.351 e. The van der Waals surface area contributed by atoms with Crippen molar-refractivity contribution in [3.05, 3.63) is 30.3 Å². The van der Waals surface area contributed by atoms with E-state index in [1.807, 2.05) is 35.6 Å². The Morgan fingerprint density at radius 2 is 1.94 bits per heavy atom. The molecule has 1 rings (SSSR count). The van der Waals surface area contributed by atoms with Crippen molar-refractivity contribution in [1.29, 1.82) is 0 Å². The fraction of sp³-hybridized carbons (Fsp3) is 0.273.